The highest BCUT2D eigenvalue weighted by atomic mass is 79.9. The molecule has 0 radical (unpaired) electrons. The van der Waals surface area contributed by atoms with E-state index < -0.39 is 17.0 Å². The van der Waals surface area contributed by atoms with Crippen LogP contribution in [-0.4, -0.2) is 30.2 Å². The molecule has 0 aromatic heterocycles. The molecule has 19 heavy (non-hydrogen) atoms. The summed E-state index contributed by atoms with van der Waals surface area (Å²) in [6.45, 7) is 4.35. The Kier molecular flexibility index (Phi) is 5.91. The van der Waals surface area contributed by atoms with Crippen LogP contribution in [0.2, 0.25) is 0 Å². The first-order valence-electron chi connectivity index (χ1n) is 5.68. The summed E-state index contributed by atoms with van der Waals surface area (Å²) in [5.41, 5.74) is -0.0369. The zero-order valence-electron chi connectivity index (χ0n) is 10.6. The first-order valence-corrected chi connectivity index (χ1v) is 6.47. The van der Waals surface area contributed by atoms with E-state index >= 15 is 0 Å². The second-order valence-corrected chi connectivity index (χ2v) is 4.65. The Balaban J connectivity index is 2.81. The van der Waals surface area contributed by atoms with Crippen LogP contribution in [-0.2, 0) is 9.47 Å². The Bertz CT molecular complexity index is 477. The lowest BCUT2D eigenvalue weighted by molar-refractivity contribution is -0.384. The quantitative estimate of drug-likeness (QED) is 0.455. The van der Waals surface area contributed by atoms with Gasteiger partial charge in [0.2, 0.25) is 0 Å². The van der Waals surface area contributed by atoms with Crippen molar-refractivity contribution >= 4 is 27.6 Å². The fraction of sp³-hybridized carbons (Fsp3) is 0.417. The molecule has 0 bridgehead atoms. The molecular weight excluding hydrogens is 318 g/mol. The van der Waals surface area contributed by atoms with Crippen molar-refractivity contribution in [2.24, 2.45) is 0 Å². The molecule has 0 saturated carbocycles. The molecule has 0 aliphatic heterocycles. The molecular formula is C12H14BrNO5. The SMILES string of the molecule is CCOCC(C)OC(=O)c1cc([N+](=O)[O-])ccc1Br. The van der Waals surface area contributed by atoms with Gasteiger partial charge in [0, 0.05) is 23.2 Å². The van der Waals surface area contributed by atoms with Gasteiger partial charge in [-0.3, -0.25) is 10.1 Å². The number of nitrogens with zero attached hydrogens (tertiary/aromatic N) is 1. The molecule has 104 valence electrons. The first kappa shape index (κ1) is 15.6. The normalized spacial score (nSPS) is 11.9. The Morgan fingerprint density at radius 1 is 1.53 bits per heavy atom. The zero-order chi connectivity index (χ0) is 14.4. The molecule has 6 nitrogen and oxygen atoms in total. The minimum Gasteiger partial charge on any atom is -0.457 e. The van der Waals surface area contributed by atoms with E-state index in [2.05, 4.69) is 15.9 Å². The van der Waals surface area contributed by atoms with Crippen LogP contribution in [0.15, 0.2) is 22.7 Å². The van der Waals surface area contributed by atoms with Gasteiger partial charge in [-0.15, -0.1) is 0 Å². The summed E-state index contributed by atoms with van der Waals surface area (Å²) in [5.74, 6) is -0.622. The van der Waals surface area contributed by atoms with E-state index in [1.165, 1.54) is 18.2 Å². The summed E-state index contributed by atoms with van der Waals surface area (Å²) in [6, 6.07) is 3.94. The third-order valence-corrected chi connectivity index (χ3v) is 2.94. The Morgan fingerprint density at radius 3 is 2.79 bits per heavy atom. The number of nitro groups is 1. The standard InChI is InChI=1S/C12H14BrNO5/c1-3-18-7-8(2)19-12(15)10-6-9(14(16)17)4-5-11(10)13/h4-6,8H,3,7H2,1-2H3. The van der Waals surface area contributed by atoms with Gasteiger partial charge in [0.25, 0.3) is 5.69 Å². The second-order valence-electron chi connectivity index (χ2n) is 3.80. The van der Waals surface area contributed by atoms with Crippen LogP contribution in [0.5, 0.6) is 0 Å². The minimum atomic E-state index is -0.622. The fourth-order valence-corrected chi connectivity index (χ4v) is 1.76. The van der Waals surface area contributed by atoms with Crippen molar-refractivity contribution in [2.75, 3.05) is 13.2 Å². The van der Waals surface area contributed by atoms with Gasteiger partial charge in [0.15, 0.2) is 0 Å². The largest absolute Gasteiger partial charge is 0.457 e. The maximum atomic E-state index is 11.9. The smallest absolute Gasteiger partial charge is 0.339 e. The topological polar surface area (TPSA) is 78.7 Å². The van der Waals surface area contributed by atoms with Gasteiger partial charge in [-0.1, -0.05) is 0 Å². The summed E-state index contributed by atoms with van der Waals surface area (Å²) in [6.07, 6.45) is -0.418. The number of rotatable bonds is 6. The highest BCUT2D eigenvalue weighted by Gasteiger charge is 2.18. The summed E-state index contributed by atoms with van der Waals surface area (Å²) in [5, 5.41) is 10.7. The Labute approximate surface area is 119 Å². The summed E-state index contributed by atoms with van der Waals surface area (Å²) < 4.78 is 10.7. The lowest BCUT2D eigenvalue weighted by Crippen LogP contribution is -2.20. The van der Waals surface area contributed by atoms with E-state index in [1.807, 2.05) is 6.92 Å². The second kappa shape index (κ2) is 7.20. The summed E-state index contributed by atoms with van der Waals surface area (Å²) in [4.78, 5) is 22.0. The van der Waals surface area contributed by atoms with Crippen molar-refractivity contribution in [3.05, 3.63) is 38.3 Å². The van der Waals surface area contributed by atoms with E-state index in [-0.39, 0.29) is 17.9 Å². The number of carbonyl (C=O) groups is 1. The van der Waals surface area contributed by atoms with Gasteiger partial charge >= 0.3 is 5.97 Å². The highest BCUT2D eigenvalue weighted by Crippen LogP contribution is 2.23. The molecule has 0 amide bonds. The van der Waals surface area contributed by atoms with Crippen LogP contribution in [0, 0.1) is 10.1 Å². The maximum absolute atomic E-state index is 11.9. The first-order chi connectivity index (χ1) is 8.95. The molecule has 1 aromatic rings. The predicted octanol–water partition coefficient (Wildman–Crippen LogP) is 2.94. The minimum absolute atomic E-state index is 0.123. The predicted molar refractivity (Wildman–Crippen MR) is 72.2 cm³/mol. The van der Waals surface area contributed by atoms with E-state index in [9.17, 15) is 14.9 Å². The monoisotopic (exact) mass is 331 g/mol. The zero-order valence-corrected chi connectivity index (χ0v) is 12.2. The van der Waals surface area contributed by atoms with Crippen LogP contribution in [0.3, 0.4) is 0 Å². The number of halogens is 1. The summed E-state index contributed by atoms with van der Waals surface area (Å²) >= 11 is 3.17. The third-order valence-electron chi connectivity index (χ3n) is 2.25. The molecule has 1 aromatic carbocycles. The Morgan fingerprint density at radius 2 is 2.21 bits per heavy atom. The maximum Gasteiger partial charge on any atom is 0.339 e. The van der Waals surface area contributed by atoms with Crippen LogP contribution in [0.25, 0.3) is 0 Å². The van der Waals surface area contributed by atoms with Gasteiger partial charge in [0.05, 0.1) is 17.1 Å². The van der Waals surface area contributed by atoms with Crippen molar-refractivity contribution in [1.82, 2.24) is 0 Å². The molecule has 0 aliphatic carbocycles. The van der Waals surface area contributed by atoms with Gasteiger partial charge in [-0.2, -0.15) is 0 Å². The summed E-state index contributed by atoms with van der Waals surface area (Å²) in [7, 11) is 0. The molecule has 1 rings (SSSR count). The molecule has 1 unspecified atom stereocenters. The van der Waals surface area contributed by atoms with E-state index in [0.29, 0.717) is 11.1 Å². The van der Waals surface area contributed by atoms with Crippen molar-refractivity contribution in [3.63, 3.8) is 0 Å². The number of non-ortho nitro benzene ring substituents is 1. The number of hydrogen-bond donors (Lipinski definition) is 0. The molecule has 0 saturated heterocycles. The number of nitro benzene ring substituents is 1. The van der Waals surface area contributed by atoms with Crippen molar-refractivity contribution in [3.8, 4) is 0 Å². The van der Waals surface area contributed by atoms with Crippen LogP contribution < -0.4 is 0 Å². The molecule has 0 N–H and O–H groups in total. The van der Waals surface area contributed by atoms with Gasteiger partial charge < -0.3 is 9.47 Å². The van der Waals surface area contributed by atoms with E-state index in [0.717, 1.165) is 0 Å². The number of ether oxygens (including phenoxy) is 2. The number of hydrogen-bond acceptors (Lipinski definition) is 5. The van der Waals surface area contributed by atoms with E-state index in [1.54, 1.807) is 6.92 Å². The van der Waals surface area contributed by atoms with Gasteiger partial charge in [0.1, 0.15) is 6.10 Å². The number of benzene rings is 1. The Hall–Kier alpha value is -1.47. The molecule has 7 heteroatoms. The van der Waals surface area contributed by atoms with Gasteiger partial charge in [-0.05, 0) is 35.8 Å². The van der Waals surface area contributed by atoms with Gasteiger partial charge in [-0.25, -0.2) is 4.79 Å². The highest BCUT2D eigenvalue weighted by molar-refractivity contribution is 9.10. The fourth-order valence-electron chi connectivity index (χ4n) is 1.35. The molecule has 0 fully saturated rings. The number of carbonyl (C=O) groups excluding carboxylic acids is 1. The average Bonchev–Trinajstić information content (AvgIpc) is 2.36. The average molecular weight is 332 g/mol. The lowest BCUT2D eigenvalue weighted by Gasteiger charge is -2.13. The van der Waals surface area contributed by atoms with Crippen LogP contribution in [0.1, 0.15) is 24.2 Å². The molecule has 0 spiro atoms. The molecule has 0 heterocycles. The van der Waals surface area contributed by atoms with Crippen molar-refractivity contribution in [1.29, 1.82) is 0 Å². The van der Waals surface area contributed by atoms with Crippen molar-refractivity contribution in [2.45, 2.75) is 20.0 Å². The van der Waals surface area contributed by atoms with Crippen LogP contribution in [0.4, 0.5) is 5.69 Å². The third kappa shape index (κ3) is 4.60. The molecule has 0 aliphatic rings. The lowest BCUT2D eigenvalue weighted by atomic mass is 10.2. The van der Waals surface area contributed by atoms with Crippen LogP contribution >= 0.6 is 15.9 Å². The number of esters is 1. The van der Waals surface area contributed by atoms with Crippen molar-refractivity contribution < 1.29 is 19.2 Å². The molecule has 1 atom stereocenters. The van der Waals surface area contributed by atoms with E-state index in [4.69, 9.17) is 9.47 Å².